The number of aromatic nitrogens is 2. The number of hydrogen-bond donors (Lipinski definition) is 2. The quantitative estimate of drug-likeness (QED) is 0.844. The Morgan fingerprint density at radius 2 is 2.11 bits per heavy atom. The van der Waals surface area contributed by atoms with Crippen LogP contribution in [0, 0.1) is 5.92 Å². The zero-order valence-electron chi connectivity index (χ0n) is 11.6. The molecule has 5 heteroatoms. The lowest BCUT2D eigenvalue weighted by Gasteiger charge is -2.34. The van der Waals surface area contributed by atoms with E-state index >= 15 is 0 Å². The van der Waals surface area contributed by atoms with E-state index in [0.29, 0.717) is 11.8 Å². The summed E-state index contributed by atoms with van der Waals surface area (Å²) in [7, 11) is 3.97. The van der Waals surface area contributed by atoms with Gasteiger partial charge in [-0.2, -0.15) is 0 Å². The molecule has 0 amide bonds. The average Bonchev–Trinajstić information content (AvgIpc) is 3.20. The minimum atomic E-state index is -0.0845. The number of rotatable bonds is 5. The van der Waals surface area contributed by atoms with E-state index in [2.05, 4.69) is 27.2 Å². The highest BCUT2D eigenvalue weighted by molar-refractivity contribution is 5.49. The van der Waals surface area contributed by atoms with Crippen molar-refractivity contribution in [3.05, 3.63) is 11.9 Å². The van der Waals surface area contributed by atoms with Crippen molar-refractivity contribution in [1.29, 1.82) is 0 Å². The second-order valence-electron chi connectivity index (χ2n) is 5.87. The monoisotopic (exact) mass is 262 g/mol. The van der Waals surface area contributed by atoms with Crippen LogP contribution in [0.3, 0.4) is 0 Å². The predicted octanol–water partition coefficient (Wildman–Crippen LogP) is 1.60. The summed E-state index contributed by atoms with van der Waals surface area (Å²) in [5, 5.41) is 12.5. The molecule has 0 radical (unpaired) electrons. The van der Waals surface area contributed by atoms with Gasteiger partial charge < -0.3 is 15.3 Å². The van der Waals surface area contributed by atoms with E-state index in [0.717, 1.165) is 36.8 Å². The molecule has 1 aromatic heterocycles. The molecule has 3 rings (SSSR count). The maximum atomic E-state index is 9.35. The SMILES string of the molecule is CNc1cc(N(C)CC2CC(O)C2)nc(C2CC2)n1. The number of aliphatic hydroxyl groups excluding tert-OH is 1. The van der Waals surface area contributed by atoms with Crippen LogP contribution in [0.2, 0.25) is 0 Å². The molecule has 2 saturated carbocycles. The molecular weight excluding hydrogens is 240 g/mol. The lowest BCUT2D eigenvalue weighted by atomic mass is 9.82. The third kappa shape index (κ3) is 2.81. The second-order valence-corrected chi connectivity index (χ2v) is 5.87. The van der Waals surface area contributed by atoms with E-state index in [1.165, 1.54) is 12.8 Å². The van der Waals surface area contributed by atoms with Crippen LogP contribution in [0.4, 0.5) is 11.6 Å². The van der Waals surface area contributed by atoms with Crippen molar-refractivity contribution in [3.8, 4) is 0 Å². The zero-order chi connectivity index (χ0) is 13.4. The third-order valence-corrected chi connectivity index (χ3v) is 4.06. The summed E-state index contributed by atoms with van der Waals surface area (Å²) in [4.78, 5) is 11.4. The molecule has 2 aliphatic rings. The molecule has 104 valence electrons. The first-order chi connectivity index (χ1) is 9.15. The highest BCUT2D eigenvalue weighted by Crippen LogP contribution is 2.39. The third-order valence-electron chi connectivity index (χ3n) is 4.06. The van der Waals surface area contributed by atoms with E-state index in [-0.39, 0.29) is 6.10 Å². The molecule has 0 unspecified atom stereocenters. The van der Waals surface area contributed by atoms with Gasteiger partial charge in [-0.1, -0.05) is 0 Å². The molecule has 0 bridgehead atoms. The predicted molar refractivity (Wildman–Crippen MR) is 75.6 cm³/mol. The van der Waals surface area contributed by atoms with E-state index < -0.39 is 0 Å². The first kappa shape index (κ1) is 12.7. The average molecular weight is 262 g/mol. The summed E-state index contributed by atoms with van der Waals surface area (Å²) in [6.45, 7) is 0.960. The van der Waals surface area contributed by atoms with Crippen LogP contribution in [0.1, 0.15) is 37.4 Å². The number of anilines is 2. The minimum absolute atomic E-state index is 0.0845. The molecule has 1 aromatic rings. The van der Waals surface area contributed by atoms with Crippen LogP contribution in [-0.4, -0.2) is 41.8 Å². The normalized spacial score (nSPS) is 25.8. The Morgan fingerprint density at radius 3 is 2.68 bits per heavy atom. The smallest absolute Gasteiger partial charge is 0.136 e. The van der Waals surface area contributed by atoms with Crippen LogP contribution in [-0.2, 0) is 0 Å². The summed E-state index contributed by atoms with van der Waals surface area (Å²) < 4.78 is 0. The molecule has 0 aliphatic heterocycles. The molecule has 2 N–H and O–H groups in total. The fourth-order valence-electron chi connectivity index (χ4n) is 2.63. The Bertz CT molecular complexity index is 455. The molecular formula is C14H22N4O. The van der Waals surface area contributed by atoms with E-state index in [9.17, 15) is 5.11 Å². The first-order valence-electron chi connectivity index (χ1n) is 7.11. The summed E-state index contributed by atoms with van der Waals surface area (Å²) in [6, 6.07) is 2.00. The van der Waals surface area contributed by atoms with Crippen molar-refractivity contribution in [2.24, 2.45) is 5.92 Å². The van der Waals surface area contributed by atoms with Gasteiger partial charge in [0.1, 0.15) is 17.5 Å². The molecule has 1 heterocycles. The Morgan fingerprint density at radius 1 is 1.37 bits per heavy atom. The van der Waals surface area contributed by atoms with Gasteiger partial charge in [-0.15, -0.1) is 0 Å². The first-order valence-corrected chi connectivity index (χ1v) is 7.11. The Kier molecular flexibility index (Phi) is 3.31. The largest absolute Gasteiger partial charge is 0.393 e. The van der Waals surface area contributed by atoms with Gasteiger partial charge in [-0.3, -0.25) is 0 Å². The van der Waals surface area contributed by atoms with E-state index in [1.54, 1.807) is 0 Å². The molecule has 0 spiro atoms. The number of hydrogen-bond acceptors (Lipinski definition) is 5. The van der Waals surface area contributed by atoms with Crippen LogP contribution in [0.15, 0.2) is 6.07 Å². The molecule has 0 saturated heterocycles. The lowest BCUT2D eigenvalue weighted by molar-refractivity contribution is 0.0464. The maximum absolute atomic E-state index is 9.35. The maximum Gasteiger partial charge on any atom is 0.136 e. The van der Waals surface area contributed by atoms with Gasteiger partial charge in [0.05, 0.1) is 6.10 Å². The van der Waals surface area contributed by atoms with E-state index in [1.807, 2.05) is 13.1 Å². The fourth-order valence-corrected chi connectivity index (χ4v) is 2.63. The van der Waals surface area contributed by atoms with Crippen molar-refractivity contribution in [1.82, 2.24) is 9.97 Å². The lowest BCUT2D eigenvalue weighted by Crippen LogP contribution is -2.37. The summed E-state index contributed by atoms with van der Waals surface area (Å²) in [5.41, 5.74) is 0. The van der Waals surface area contributed by atoms with Gasteiger partial charge in [0.2, 0.25) is 0 Å². The van der Waals surface area contributed by atoms with E-state index in [4.69, 9.17) is 0 Å². The topological polar surface area (TPSA) is 61.3 Å². The van der Waals surface area contributed by atoms with Crippen molar-refractivity contribution in [2.75, 3.05) is 30.9 Å². The van der Waals surface area contributed by atoms with Crippen molar-refractivity contribution < 1.29 is 5.11 Å². The van der Waals surface area contributed by atoms with Gasteiger partial charge in [0, 0.05) is 32.6 Å². The molecule has 19 heavy (non-hydrogen) atoms. The standard InChI is InChI=1S/C14H22N4O/c1-15-12-7-13(17-14(16-12)10-3-4-10)18(2)8-9-5-11(19)6-9/h7,9-11,19H,3-6,8H2,1-2H3,(H,15,16,17). The number of nitrogens with one attached hydrogen (secondary N) is 1. The Hall–Kier alpha value is -1.36. The summed E-state index contributed by atoms with van der Waals surface area (Å²) in [5.74, 6) is 4.01. The number of aliphatic hydroxyl groups is 1. The highest BCUT2D eigenvalue weighted by Gasteiger charge is 2.30. The van der Waals surface area contributed by atoms with Gasteiger partial charge in [0.25, 0.3) is 0 Å². The van der Waals surface area contributed by atoms with Crippen molar-refractivity contribution >= 4 is 11.6 Å². The number of nitrogens with zero attached hydrogens (tertiary/aromatic N) is 3. The summed E-state index contributed by atoms with van der Waals surface area (Å²) in [6.07, 6.45) is 4.18. The zero-order valence-corrected chi connectivity index (χ0v) is 11.6. The van der Waals surface area contributed by atoms with Crippen LogP contribution in [0.5, 0.6) is 0 Å². The summed E-state index contributed by atoms with van der Waals surface area (Å²) >= 11 is 0. The molecule has 0 aromatic carbocycles. The van der Waals surface area contributed by atoms with Crippen molar-refractivity contribution in [2.45, 2.75) is 37.7 Å². The highest BCUT2D eigenvalue weighted by atomic mass is 16.3. The molecule has 0 atom stereocenters. The van der Waals surface area contributed by atoms with Gasteiger partial charge in [0.15, 0.2) is 0 Å². The van der Waals surface area contributed by atoms with Crippen LogP contribution >= 0.6 is 0 Å². The van der Waals surface area contributed by atoms with Crippen LogP contribution in [0.25, 0.3) is 0 Å². The Labute approximate surface area is 114 Å². The molecule has 2 aliphatic carbocycles. The van der Waals surface area contributed by atoms with Gasteiger partial charge in [-0.05, 0) is 31.6 Å². The van der Waals surface area contributed by atoms with Gasteiger partial charge in [-0.25, -0.2) is 9.97 Å². The second kappa shape index (κ2) is 4.96. The molecule has 5 nitrogen and oxygen atoms in total. The van der Waals surface area contributed by atoms with Crippen LogP contribution < -0.4 is 10.2 Å². The minimum Gasteiger partial charge on any atom is -0.393 e. The van der Waals surface area contributed by atoms with Crippen molar-refractivity contribution in [3.63, 3.8) is 0 Å². The van der Waals surface area contributed by atoms with Gasteiger partial charge >= 0.3 is 0 Å². The molecule has 2 fully saturated rings. The fraction of sp³-hybridized carbons (Fsp3) is 0.714. The Balaban J connectivity index is 1.72.